The fourth-order valence-electron chi connectivity index (χ4n) is 2.14. The number of piperidine rings is 1. The first-order chi connectivity index (χ1) is 8.88. The second-order valence-corrected chi connectivity index (χ2v) is 6.52. The molecule has 1 aliphatic rings. The highest BCUT2D eigenvalue weighted by molar-refractivity contribution is 7.89. The molecule has 2 unspecified atom stereocenters. The van der Waals surface area contributed by atoms with Gasteiger partial charge in [-0.15, -0.1) is 0 Å². The largest absolute Gasteiger partial charge is 0.316 e. The zero-order valence-corrected chi connectivity index (χ0v) is 11.3. The van der Waals surface area contributed by atoms with E-state index in [9.17, 15) is 17.2 Å². The van der Waals surface area contributed by atoms with E-state index in [-0.39, 0.29) is 16.9 Å². The quantitative estimate of drug-likeness (QED) is 0.880. The summed E-state index contributed by atoms with van der Waals surface area (Å²) >= 11 is 0. The molecule has 1 aromatic carbocycles. The zero-order valence-electron chi connectivity index (χ0n) is 10.5. The summed E-state index contributed by atoms with van der Waals surface area (Å²) in [6.07, 6.45) is 0.651. The SMILES string of the molecule is CC1CNCCC1NS(=O)(=O)c1cc(F)cc(F)c1. The van der Waals surface area contributed by atoms with Crippen LogP contribution in [-0.4, -0.2) is 27.5 Å². The van der Waals surface area contributed by atoms with Crippen LogP contribution in [0.2, 0.25) is 0 Å². The van der Waals surface area contributed by atoms with E-state index in [0.717, 1.165) is 18.7 Å². The molecule has 1 heterocycles. The van der Waals surface area contributed by atoms with Crippen LogP contribution in [0.15, 0.2) is 23.1 Å². The van der Waals surface area contributed by atoms with Gasteiger partial charge in [0.15, 0.2) is 0 Å². The van der Waals surface area contributed by atoms with E-state index in [1.165, 1.54) is 0 Å². The predicted octanol–water partition coefficient (Wildman–Crippen LogP) is 1.24. The van der Waals surface area contributed by atoms with Gasteiger partial charge in [-0.1, -0.05) is 6.92 Å². The molecule has 0 saturated carbocycles. The highest BCUT2D eigenvalue weighted by Crippen LogP contribution is 2.17. The first-order valence-electron chi connectivity index (χ1n) is 6.07. The third kappa shape index (κ3) is 3.49. The summed E-state index contributed by atoms with van der Waals surface area (Å²) in [5, 5.41) is 3.15. The molecule has 0 aromatic heterocycles. The van der Waals surface area contributed by atoms with Crippen molar-refractivity contribution in [2.75, 3.05) is 13.1 Å². The molecule has 0 spiro atoms. The Morgan fingerprint density at radius 2 is 1.89 bits per heavy atom. The van der Waals surface area contributed by atoms with Crippen LogP contribution in [0.5, 0.6) is 0 Å². The first-order valence-corrected chi connectivity index (χ1v) is 7.56. The lowest BCUT2D eigenvalue weighted by Crippen LogP contribution is -2.48. The van der Waals surface area contributed by atoms with Crippen LogP contribution in [0.25, 0.3) is 0 Å². The maximum absolute atomic E-state index is 13.1. The topological polar surface area (TPSA) is 58.2 Å². The van der Waals surface area contributed by atoms with E-state index >= 15 is 0 Å². The minimum absolute atomic E-state index is 0.127. The van der Waals surface area contributed by atoms with Gasteiger partial charge in [0.1, 0.15) is 11.6 Å². The Bertz CT molecular complexity index is 543. The molecule has 2 atom stereocenters. The van der Waals surface area contributed by atoms with Gasteiger partial charge in [0.05, 0.1) is 4.90 Å². The van der Waals surface area contributed by atoms with Crippen molar-refractivity contribution in [3.8, 4) is 0 Å². The van der Waals surface area contributed by atoms with Crippen molar-refractivity contribution >= 4 is 10.0 Å². The van der Waals surface area contributed by atoms with Crippen molar-refractivity contribution in [2.24, 2.45) is 5.92 Å². The third-order valence-corrected chi connectivity index (χ3v) is 4.71. The molecule has 0 amide bonds. The van der Waals surface area contributed by atoms with Gasteiger partial charge >= 0.3 is 0 Å². The molecule has 19 heavy (non-hydrogen) atoms. The highest BCUT2D eigenvalue weighted by Gasteiger charge is 2.27. The summed E-state index contributed by atoms with van der Waals surface area (Å²) in [5.41, 5.74) is 0. The Labute approximate surface area is 111 Å². The van der Waals surface area contributed by atoms with E-state index in [2.05, 4.69) is 10.0 Å². The van der Waals surface area contributed by atoms with Crippen molar-refractivity contribution in [3.05, 3.63) is 29.8 Å². The molecule has 106 valence electrons. The number of rotatable bonds is 3. The molecule has 7 heteroatoms. The average molecular weight is 290 g/mol. The van der Waals surface area contributed by atoms with Gasteiger partial charge in [-0.25, -0.2) is 21.9 Å². The fourth-order valence-corrected chi connectivity index (χ4v) is 3.56. The van der Waals surface area contributed by atoms with Crippen molar-refractivity contribution in [1.82, 2.24) is 10.0 Å². The number of benzene rings is 1. The van der Waals surface area contributed by atoms with Gasteiger partial charge in [-0.3, -0.25) is 0 Å². The minimum Gasteiger partial charge on any atom is -0.316 e. The summed E-state index contributed by atoms with van der Waals surface area (Å²) in [6, 6.07) is 2.05. The molecule has 1 aliphatic heterocycles. The predicted molar refractivity (Wildman–Crippen MR) is 67.1 cm³/mol. The van der Waals surface area contributed by atoms with Gasteiger partial charge < -0.3 is 5.32 Å². The second-order valence-electron chi connectivity index (χ2n) is 4.80. The number of halogens is 2. The van der Waals surface area contributed by atoms with Crippen LogP contribution in [-0.2, 0) is 10.0 Å². The van der Waals surface area contributed by atoms with Gasteiger partial charge in [0, 0.05) is 12.1 Å². The van der Waals surface area contributed by atoms with Crippen LogP contribution in [0.4, 0.5) is 8.78 Å². The van der Waals surface area contributed by atoms with Gasteiger partial charge in [0.2, 0.25) is 10.0 Å². The highest BCUT2D eigenvalue weighted by atomic mass is 32.2. The maximum Gasteiger partial charge on any atom is 0.241 e. The van der Waals surface area contributed by atoms with E-state index in [4.69, 9.17) is 0 Å². The zero-order chi connectivity index (χ0) is 14.0. The minimum atomic E-state index is -3.90. The summed E-state index contributed by atoms with van der Waals surface area (Å²) < 4.78 is 52.8. The van der Waals surface area contributed by atoms with Gasteiger partial charge in [0.25, 0.3) is 0 Å². The van der Waals surface area contributed by atoms with Crippen molar-refractivity contribution in [1.29, 1.82) is 0 Å². The molecule has 4 nitrogen and oxygen atoms in total. The molecule has 1 saturated heterocycles. The smallest absolute Gasteiger partial charge is 0.241 e. The van der Waals surface area contributed by atoms with E-state index < -0.39 is 21.7 Å². The molecule has 0 aliphatic carbocycles. The lowest BCUT2D eigenvalue weighted by molar-refractivity contribution is 0.328. The summed E-state index contributed by atoms with van der Waals surface area (Å²) in [6.45, 7) is 3.35. The Balaban J connectivity index is 2.22. The second kappa shape index (κ2) is 5.52. The van der Waals surface area contributed by atoms with Gasteiger partial charge in [-0.05, 0) is 37.6 Å². The molecule has 0 radical (unpaired) electrons. The molecule has 2 N–H and O–H groups in total. The standard InChI is InChI=1S/C12H16F2N2O2S/c1-8-7-15-3-2-12(8)16-19(17,18)11-5-9(13)4-10(14)6-11/h4-6,8,12,15-16H,2-3,7H2,1H3. The Morgan fingerprint density at radius 3 is 2.47 bits per heavy atom. The molecule has 1 fully saturated rings. The molecule has 1 aromatic rings. The number of hydrogen-bond acceptors (Lipinski definition) is 3. The van der Waals surface area contributed by atoms with E-state index in [1.807, 2.05) is 6.92 Å². The summed E-state index contributed by atoms with van der Waals surface area (Å²) in [5.74, 6) is -1.68. The van der Waals surface area contributed by atoms with Crippen LogP contribution < -0.4 is 10.0 Å². The molecule has 0 bridgehead atoms. The van der Waals surface area contributed by atoms with Gasteiger partial charge in [-0.2, -0.15) is 0 Å². The lowest BCUT2D eigenvalue weighted by Gasteiger charge is -2.29. The molecule has 2 rings (SSSR count). The summed E-state index contributed by atoms with van der Waals surface area (Å²) in [4.78, 5) is -0.379. The van der Waals surface area contributed by atoms with Crippen LogP contribution in [0.3, 0.4) is 0 Å². The third-order valence-electron chi connectivity index (χ3n) is 3.24. The average Bonchev–Trinajstić information content (AvgIpc) is 2.31. The fraction of sp³-hybridized carbons (Fsp3) is 0.500. The first kappa shape index (κ1) is 14.4. The van der Waals surface area contributed by atoms with Crippen LogP contribution in [0.1, 0.15) is 13.3 Å². The van der Waals surface area contributed by atoms with Crippen molar-refractivity contribution in [2.45, 2.75) is 24.3 Å². The number of sulfonamides is 1. The monoisotopic (exact) mass is 290 g/mol. The van der Waals surface area contributed by atoms with Crippen molar-refractivity contribution < 1.29 is 17.2 Å². The molecular formula is C12H16F2N2O2S. The molecular weight excluding hydrogens is 274 g/mol. The van der Waals surface area contributed by atoms with E-state index in [1.54, 1.807) is 0 Å². The number of hydrogen-bond donors (Lipinski definition) is 2. The maximum atomic E-state index is 13.1. The normalized spacial score (nSPS) is 24.4. The Hall–Kier alpha value is -1.05. The van der Waals surface area contributed by atoms with E-state index in [0.29, 0.717) is 19.0 Å². The van der Waals surface area contributed by atoms with Crippen LogP contribution >= 0.6 is 0 Å². The summed E-state index contributed by atoms with van der Waals surface area (Å²) in [7, 11) is -3.90. The Kier molecular flexibility index (Phi) is 4.17. The van der Waals surface area contributed by atoms with Crippen LogP contribution in [0, 0.1) is 17.6 Å². The number of nitrogens with one attached hydrogen (secondary N) is 2. The Morgan fingerprint density at radius 1 is 1.26 bits per heavy atom. The lowest BCUT2D eigenvalue weighted by atomic mass is 9.97. The van der Waals surface area contributed by atoms with Crippen molar-refractivity contribution in [3.63, 3.8) is 0 Å².